The summed E-state index contributed by atoms with van der Waals surface area (Å²) in [4.78, 5) is 11.4. The lowest BCUT2D eigenvalue weighted by Gasteiger charge is -2.08. The van der Waals surface area contributed by atoms with E-state index in [0.717, 1.165) is 25.7 Å². The summed E-state index contributed by atoms with van der Waals surface area (Å²) in [7, 11) is 0. The zero-order valence-corrected chi connectivity index (χ0v) is 8.05. The van der Waals surface area contributed by atoms with Crippen LogP contribution in [-0.2, 0) is 4.79 Å². The van der Waals surface area contributed by atoms with Crippen LogP contribution >= 0.6 is 0 Å². The maximum Gasteiger partial charge on any atom is 0.133 e. The van der Waals surface area contributed by atoms with E-state index in [4.69, 9.17) is 0 Å². The highest BCUT2D eigenvalue weighted by Crippen LogP contribution is 2.18. The van der Waals surface area contributed by atoms with Crippen LogP contribution in [0.5, 0.6) is 0 Å². The molecule has 0 aliphatic heterocycles. The second-order valence-electron chi connectivity index (χ2n) is 4.10. The molecule has 1 heteroatoms. The maximum atomic E-state index is 11.4. The van der Waals surface area contributed by atoms with Gasteiger partial charge in [0.15, 0.2) is 0 Å². The van der Waals surface area contributed by atoms with Crippen LogP contribution < -0.4 is 0 Å². The van der Waals surface area contributed by atoms with Gasteiger partial charge in [0.25, 0.3) is 0 Å². The topological polar surface area (TPSA) is 17.1 Å². The molecule has 0 spiro atoms. The van der Waals surface area contributed by atoms with Crippen molar-refractivity contribution in [1.29, 1.82) is 0 Å². The Kier molecular flexibility index (Phi) is 3.51. The fraction of sp³-hybridized carbons (Fsp3) is 0.727. The van der Waals surface area contributed by atoms with Gasteiger partial charge >= 0.3 is 0 Å². The summed E-state index contributed by atoms with van der Waals surface area (Å²) in [5, 5.41) is 0. The van der Waals surface area contributed by atoms with Crippen molar-refractivity contribution in [3.63, 3.8) is 0 Å². The number of allylic oxidation sites excluding steroid dienone is 2. The fourth-order valence-electron chi connectivity index (χ4n) is 1.68. The number of Topliss-reactive ketones (excluding diaryl/α,β-unsaturated/α-hetero) is 1. The minimum atomic E-state index is 0.443. The van der Waals surface area contributed by atoms with Gasteiger partial charge in [-0.2, -0.15) is 0 Å². The van der Waals surface area contributed by atoms with Gasteiger partial charge in [-0.15, -0.1) is 0 Å². The average Bonchev–Trinajstić information content (AvgIpc) is 2.01. The first-order valence-corrected chi connectivity index (χ1v) is 4.85. The Morgan fingerprint density at radius 2 is 1.50 bits per heavy atom. The zero-order valence-electron chi connectivity index (χ0n) is 8.05. The minimum absolute atomic E-state index is 0.443. The third kappa shape index (κ3) is 3.21. The Labute approximate surface area is 74.9 Å². The summed E-state index contributed by atoms with van der Waals surface area (Å²) in [6, 6.07) is 0. The van der Waals surface area contributed by atoms with E-state index in [0.29, 0.717) is 17.6 Å². The van der Waals surface area contributed by atoms with E-state index >= 15 is 0 Å². The van der Waals surface area contributed by atoms with Crippen molar-refractivity contribution in [2.75, 3.05) is 0 Å². The van der Waals surface area contributed by atoms with E-state index in [9.17, 15) is 4.79 Å². The second-order valence-corrected chi connectivity index (χ2v) is 4.10. The number of carbonyl (C=O) groups is 1. The monoisotopic (exact) mass is 166 g/mol. The highest BCUT2D eigenvalue weighted by Gasteiger charge is 2.12. The molecule has 0 aromatic carbocycles. The summed E-state index contributed by atoms with van der Waals surface area (Å²) in [6.07, 6.45) is 8.12. The van der Waals surface area contributed by atoms with Crippen molar-refractivity contribution in [1.82, 2.24) is 0 Å². The van der Waals surface area contributed by atoms with Crippen molar-refractivity contribution in [3.8, 4) is 0 Å². The molecule has 0 fully saturated rings. The van der Waals surface area contributed by atoms with Gasteiger partial charge in [-0.25, -0.2) is 0 Å². The van der Waals surface area contributed by atoms with Crippen LogP contribution in [0.25, 0.3) is 0 Å². The van der Waals surface area contributed by atoms with Gasteiger partial charge < -0.3 is 0 Å². The molecule has 1 aliphatic carbocycles. The van der Waals surface area contributed by atoms with Gasteiger partial charge in [0.05, 0.1) is 0 Å². The lowest BCUT2D eigenvalue weighted by molar-refractivity contribution is -0.120. The zero-order chi connectivity index (χ0) is 8.97. The van der Waals surface area contributed by atoms with E-state index in [-0.39, 0.29) is 0 Å². The number of hydrogen-bond acceptors (Lipinski definition) is 1. The van der Waals surface area contributed by atoms with Gasteiger partial charge in [0, 0.05) is 12.8 Å². The number of carbonyl (C=O) groups excluding carboxylic acids is 1. The summed E-state index contributed by atoms with van der Waals surface area (Å²) in [5.74, 6) is 1.52. The molecule has 1 nitrogen and oxygen atoms in total. The van der Waals surface area contributed by atoms with Gasteiger partial charge in [0.1, 0.15) is 5.78 Å². The SMILES string of the molecule is CC1C/C=C\CC(C)CC(=O)C1. The average molecular weight is 166 g/mol. The molecule has 0 bridgehead atoms. The van der Waals surface area contributed by atoms with Crippen LogP contribution in [0.2, 0.25) is 0 Å². The van der Waals surface area contributed by atoms with Crippen molar-refractivity contribution in [3.05, 3.63) is 12.2 Å². The van der Waals surface area contributed by atoms with E-state index in [1.807, 2.05) is 0 Å². The molecule has 1 aliphatic rings. The number of ketones is 1. The Bertz CT molecular complexity index is 163. The predicted octanol–water partition coefficient (Wildman–Crippen LogP) is 2.96. The third-order valence-corrected chi connectivity index (χ3v) is 2.40. The molecular weight excluding hydrogens is 148 g/mol. The number of rotatable bonds is 0. The van der Waals surface area contributed by atoms with Crippen LogP contribution in [-0.4, -0.2) is 5.78 Å². The molecular formula is C11H18O. The van der Waals surface area contributed by atoms with Crippen LogP contribution in [0.3, 0.4) is 0 Å². The Hall–Kier alpha value is -0.590. The normalized spacial score (nSPS) is 35.0. The van der Waals surface area contributed by atoms with Crippen LogP contribution in [0.4, 0.5) is 0 Å². The van der Waals surface area contributed by atoms with Crippen molar-refractivity contribution < 1.29 is 4.79 Å². The van der Waals surface area contributed by atoms with Crippen molar-refractivity contribution in [2.24, 2.45) is 11.8 Å². The Morgan fingerprint density at radius 3 is 1.92 bits per heavy atom. The molecule has 1 rings (SSSR count). The molecule has 68 valence electrons. The predicted molar refractivity (Wildman–Crippen MR) is 50.9 cm³/mol. The molecule has 0 radical (unpaired) electrons. The van der Waals surface area contributed by atoms with E-state index in [2.05, 4.69) is 26.0 Å². The second kappa shape index (κ2) is 4.44. The first-order valence-electron chi connectivity index (χ1n) is 4.85. The smallest absolute Gasteiger partial charge is 0.133 e. The molecule has 0 aromatic rings. The van der Waals surface area contributed by atoms with E-state index < -0.39 is 0 Å². The van der Waals surface area contributed by atoms with E-state index in [1.165, 1.54) is 0 Å². The van der Waals surface area contributed by atoms with Crippen molar-refractivity contribution in [2.45, 2.75) is 39.5 Å². The molecule has 2 unspecified atom stereocenters. The molecule has 0 aromatic heterocycles. The molecule has 0 heterocycles. The first-order chi connectivity index (χ1) is 5.68. The first kappa shape index (κ1) is 9.50. The molecule has 0 saturated carbocycles. The van der Waals surface area contributed by atoms with Crippen LogP contribution in [0, 0.1) is 11.8 Å². The molecule has 2 atom stereocenters. The van der Waals surface area contributed by atoms with E-state index in [1.54, 1.807) is 0 Å². The van der Waals surface area contributed by atoms with Crippen LogP contribution in [0.1, 0.15) is 39.5 Å². The maximum absolute atomic E-state index is 11.4. The lowest BCUT2D eigenvalue weighted by Crippen LogP contribution is -2.07. The van der Waals surface area contributed by atoms with Crippen molar-refractivity contribution >= 4 is 5.78 Å². The summed E-state index contributed by atoms with van der Waals surface area (Å²) >= 11 is 0. The summed E-state index contributed by atoms with van der Waals surface area (Å²) in [5.41, 5.74) is 0. The molecule has 12 heavy (non-hydrogen) atoms. The Morgan fingerprint density at radius 1 is 1.08 bits per heavy atom. The Balaban J connectivity index is 2.52. The van der Waals surface area contributed by atoms with Gasteiger partial charge in [-0.1, -0.05) is 26.0 Å². The molecule has 0 amide bonds. The van der Waals surface area contributed by atoms with Crippen LogP contribution in [0.15, 0.2) is 12.2 Å². The lowest BCUT2D eigenvalue weighted by atomic mass is 9.96. The third-order valence-electron chi connectivity index (χ3n) is 2.40. The minimum Gasteiger partial charge on any atom is -0.300 e. The largest absolute Gasteiger partial charge is 0.300 e. The quantitative estimate of drug-likeness (QED) is 0.506. The standard InChI is InChI=1S/C11H18O/c1-9-5-3-4-6-10(2)8-11(12)7-9/h3-4,9-10H,5-8H2,1-2H3/b4-3-. The van der Waals surface area contributed by atoms with Gasteiger partial charge in [-0.05, 0) is 24.7 Å². The molecule has 0 saturated heterocycles. The highest BCUT2D eigenvalue weighted by atomic mass is 16.1. The van der Waals surface area contributed by atoms with Gasteiger partial charge in [0.2, 0.25) is 0 Å². The molecule has 0 N–H and O–H groups in total. The highest BCUT2D eigenvalue weighted by molar-refractivity contribution is 5.78. The number of hydrogen-bond donors (Lipinski definition) is 0. The summed E-state index contributed by atoms with van der Waals surface area (Å²) in [6.45, 7) is 4.30. The fourth-order valence-corrected chi connectivity index (χ4v) is 1.68. The summed E-state index contributed by atoms with van der Waals surface area (Å²) < 4.78 is 0. The van der Waals surface area contributed by atoms with Gasteiger partial charge in [-0.3, -0.25) is 4.79 Å².